The van der Waals surface area contributed by atoms with Crippen molar-refractivity contribution in [3.8, 4) is 11.5 Å². The molecular weight excluding hydrogens is 488 g/mol. The van der Waals surface area contributed by atoms with Gasteiger partial charge >= 0.3 is 0 Å². The van der Waals surface area contributed by atoms with Gasteiger partial charge in [0.05, 0.1) is 47.8 Å². The lowest BCUT2D eigenvalue weighted by Crippen LogP contribution is -2.02. The van der Waals surface area contributed by atoms with Crippen molar-refractivity contribution in [2.24, 2.45) is 10.2 Å². The smallest absolute Gasteiger partial charge is 0.206 e. The van der Waals surface area contributed by atoms with Crippen LogP contribution in [0.1, 0.15) is 11.1 Å². The lowest BCUT2D eigenvalue weighted by molar-refractivity contribution is 0.414. The summed E-state index contributed by atoms with van der Waals surface area (Å²) in [7, 11) is -0.487. The Morgan fingerprint density at radius 3 is 1.35 bits per heavy atom. The zero-order chi connectivity index (χ0) is 26.1. The summed E-state index contributed by atoms with van der Waals surface area (Å²) in [5, 5.41) is 8.41. The Labute approximate surface area is 216 Å². The molecule has 0 spiro atoms. The summed E-state index contributed by atoms with van der Waals surface area (Å²) in [6.07, 6.45) is 3.28. The van der Waals surface area contributed by atoms with E-state index in [0.717, 1.165) is 11.1 Å². The summed E-state index contributed by atoms with van der Waals surface area (Å²) in [6.45, 7) is 0. The number of hydrogen-bond donors (Lipinski definition) is 2. The van der Waals surface area contributed by atoms with Crippen LogP contribution in [0.25, 0.3) is 0 Å². The molecule has 9 heteroatoms. The molecule has 4 aromatic rings. The van der Waals surface area contributed by atoms with E-state index in [1.807, 2.05) is 48.5 Å². The average molecular weight is 515 g/mol. The van der Waals surface area contributed by atoms with Crippen LogP contribution in [0, 0.1) is 0 Å². The fourth-order valence-corrected chi connectivity index (χ4v) is 4.71. The molecule has 2 N–H and O–H groups in total. The van der Waals surface area contributed by atoms with Crippen LogP contribution in [0.4, 0.5) is 11.4 Å². The Balaban J connectivity index is 1.39. The van der Waals surface area contributed by atoms with Gasteiger partial charge in [-0.15, -0.1) is 0 Å². The molecule has 0 fully saturated rings. The van der Waals surface area contributed by atoms with Gasteiger partial charge in [-0.05, 0) is 72.8 Å². The summed E-state index contributed by atoms with van der Waals surface area (Å²) >= 11 is 0. The number of ether oxygens (including phenoxy) is 2. The van der Waals surface area contributed by atoms with E-state index < -0.39 is 9.84 Å². The Hall–Kier alpha value is -4.63. The van der Waals surface area contributed by atoms with Crippen LogP contribution in [0.15, 0.2) is 117 Å². The second-order valence-electron chi connectivity index (χ2n) is 7.78. The SMILES string of the molecule is COc1ccccc1C=NNc1ccc(S(=O)(=O)c2ccc(NN=Cc3ccccc3OC)cc2)cc1. The molecule has 0 amide bonds. The first-order chi connectivity index (χ1) is 18.0. The van der Waals surface area contributed by atoms with Crippen molar-refractivity contribution in [1.82, 2.24) is 0 Å². The maximum atomic E-state index is 13.1. The van der Waals surface area contributed by atoms with Crippen molar-refractivity contribution in [3.63, 3.8) is 0 Å². The molecule has 0 aliphatic carbocycles. The molecule has 37 heavy (non-hydrogen) atoms. The third kappa shape index (κ3) is 6.33. The Morgan fingerprint density at radius 2 is 0.973 bits per heavy atom. The second-order valence-corrected chi connectivity index (χ2v) is 9.73. The van der Waals surface area contributed by atoms with E-state index in [2.05, 4.69) is 21.1 Å². The quantitative estimate of drug-likeness (QED) is 0.216. The lowest BCUT2D eigenvalue weighted by atomic mass is 10.2. The molecule has 0 saturated carbocycles. The van der Waals surface area contributed by atoms with Crippen LogP contribution in [0.5, 0.6) is 11.5 Å². The Kier molecular flexibility index (Phi) is 8.17. The van der Waals surface area contributed by atoms with Gasteiger partial charge in [0.15, 0.2) is 0 Å². The highest BCUT2D eigenvalue weighted by atomic mass is 32.2. The molecule has 4 aromatic carbocycles. The van der Waals surface area contributed by atoms with Crippen molar-refractivity contribution >= 4 is 33.6 Å². The number of hydrogen-bond acceptors (Lipinski definition) is 8. The zero-order valence-corrected chi connectivity index (χ0v) is 21.1. The summed E-state index contributed by atoms with van der Waals surface area (Å²) in [4.78, 5) is 0.364. The first-order valence-electron chi connectivity index (χ1n) is 11.3. The van der Waals surface area contributed by atoms with Crippen LogP contribution in [-0.4, -0.2) is 35.1 Å². The monoisotopic (exact) mass is 514 g/mol. The van der Waals surface area contributed by atoms with Gasteiger partial charge in [0.2, 0.25) is 9.84 Å². The minimum atomic E-state index is -3.68. The average Bonchev–Trinajstić information content (AvgIpc) is 2.94. The highest BCUT2D eigenvalue weighted by Gasteiger charge is 2.17. The third-order valence-electron chi connectivity index (χ3n) is 5.40. The molecule has 0 saturated heterocycles. The van der Waals surface area contributed by atoms with Crippen LogP contribution in [0.2, 0.25) is 0 Å². The molecule has 4 rings (SSSR count). The van der Waals surface area contributed by atoms with Crippen LogP contribution < -0.4 is 20.3 Å². The standard InChI is InChI=1S/C28H26N4O4S/c1-35-27-9-5-3-7-21(27)19-29-31-23-11-15-25(16-12-23)37(33,34)26-17-13-24(14-18-26)32-30-20-22-8-4-6-10-28(22)36-2/h3-20,31-32H,1-2H3. The van der Waals surface area contributed by atoms with Crippen molar-refractivity contribution in [2.75, 3.05) is 25.1 Å². The number of sulfone groups is 1. The normalized spacial score (nSPS) is 11.5. The Bertz CT molecular complexity index is 1390. The molecule has 0 unspecified atom stereocenters. The fourth-order valence-electron chi connectivity index (χ4n) is 3.45. The third-order valence-corrected chi connectivity index (χ3v) is 7.19. The van der Waals surface area contributed by atoms with E-state index in [1.165, 1.54) is 0 Å². The van der Waals surface area contributed by atoms with E-state index >= 15 is 0 Å². The number of methoxy groups -OCH3 is 2. The van der Waals surface area contributed by atoms with Gasteiger partial charge in [0, 0.05) is 11.1 Å². The van der Waals surface area contributed by atoms with Gasteiger partial charge in [0.1, 0.15) is 11.5 Å². The van der Waals surface area contributed by atoms with Gasteiger partial charge in [-0.3, -0.25) is 10.9 Å². The maximum absolute atomic E-state index is 13.1. The van der Waals surface area contributed by atoms with E-state index in [4.69, 9.17) is 9.47 Å². The predicted molar refractivity (Wildman–Crippen MR) is 147 cm³/mol. The maximum Gasteiger partial charge on any atom is 0.206 e. The number of rotatable bonds is 10. The number of nitrogens with one attached hydrogen (secondary N) is 2. The van der Waals surface area contributed by atoms with Gasteiger partial charge in [-0.25, -0.2) is 8.42 Å². The van der Waals surface area contributed by atoms with Crippen molar-refractivity contribution in [3.05, 3.63) is 108 Å². The zero-order valence-electron chi connectivity index (χ0n) is 20.3. The molecule has 0 radical (unpaired) electrons. The molecule has 8 nitrogen and oxygen atoms in total. The van der Waals surface area contributed by atoms with Crippen molar-refractivity contribution < 1.29 is 17.9 Å². The first-order valence-corrected chi connectivity index (χ1v) is 12.8. The summed E-state index contributed by atoms with van der Waals surface area (Å²) in [5.41, 5.74) is 8.74. The highest BCUT2D eigenvalue weighted by molar-refractivity contribution is 7.91. The number of para-hydroxylation sites is 2. The molecule has 0 heterocycles. The summed E-state index contributed by atoms with van der Waals surface area (Å²) < 4.78 is 36.7. The molecule has 188 valence electrons. The Morgan fingerprint density at radius 1 is 0.595 bits per heavy atom. The van der Waals surface area contributed by atoms with Gasteiger partial charge in [0.25, 0.3) is 0 Å². The molecular formula is C28H26N4O4S. The molecule has 0 aromatic heterocycles. The molecule has 0 bridgehead atoms. The minimum Gasteiger partial charge on any atom is -0.496 e. The first kappa shape index (κ1) is 25.5. The van der Waals surface area contributed by atoms with E-state index in [1.54, 1.807) is 75.2 Å². The van der Waals surface area contributed by atoms with Gasteiger partial charge in [-0.2, -0.15) is 10.2 Å². The van der Waals surface area contributed by atoms with Gasteiger partial charge in [-0.1, -0.05) is 24.3 Å². The number of nitrogens with zero attached hydrogens (tertiary/aromatic N) is 2. The van der Waals surface area contributed by atoms with Crippen LogP contribution >= 0.6 is 0 Å². The summed E-state index contributed by atoms with van der Waals surface area (Å²) in [5.74, 6) is 1.41. The summed E-state index contributed by atoms with van der Waals surface area (Å²) in [6, 6.07) is 27.8. The highest BCUT2D eigenvalue weighted by Crippen LogP contribution is 2.24. The van der Waals surface area contributed by atoms with E-state index in [9.17, 15) is 8.42 Å². The van der Waals surface area contributed by atoms with Crippen LogP contribution in [0.3, 0.4) is 0 Å². The number of hydrazone groups is 2. The van der Waals surface area contributed by atoms with Crippen LogP contribution in [-0.2, 0) is 9.84 Å². The molecule has 0 aliphatic heterocycles. The predicted octanol–water partition coefficient (Wildman–Crippen LogP) is 5.43. The van der Waals surface area contributed by atoms with E-state index in [0.29, 0.717) is 22.9 Å². The number of anilines is 2. The number of benzene rings is 4. The topological polar surface area (TPSA) is 101 Å². The second kappa shape index (κ2) is 11.9. The molecule has 0 atom stereocenters. The van der Waals surface area contributed by atoms with Gasteiger partial charge < -0.3 is 9.47 Å². The van der Waals surface area contributed by atoms with E-state index in [-0.39, 0.29) is 9.79 Å². The van der Waals surface area contributed by atoms with Crippen molar-refractivity contribution in [1.29, 1.82) is 0 Å². The molecule has 0 aliphatic rings. The largest absolute Gasteiger partial charge is 0.496 e. The fraction of sp³-hybridized carbons (Fsp3) is 0.0714. The lowest BCUT2D eigenvalue weighted by Gasteiger charge is -2.08. The van der Waals surface area contributed by atoms with Crippen molar-refractivity contribution in [2.45, 2.75) is 9.79 Å². The minimum absolute atomic E-state index is 0.182.